The summed E-state index contributed by atoms with van der Waals surface area (Å²) in [5, 5.41) is 5.61. The fraction of sp³-hybridized carbons (Fsp3) is 0.182. The van der Waals surface area contributed by atoms with Gasteiger partial charge in [0.15, 0.2) is 11.5 Å². The number of aromatic nitrogens is 2. The number of anilines is 1. The average Bonchev–Trinajstić information content (AvgIpc) is 3.16. The molecule has 1 atom stereocenters. The van der Waals surface area contributed by atoms with E-state index < -0.39 is 5.91 Å². The van der Waals surface area contributed by atoms with Crippen LogP contribution in [0.25, 0.3) is 11.3 Å². The first kappa shape index (κ1) is 18.6. The molecule has 0 spiro atoms. The molecule has 1 heterocycles. The van der Waals surface area contributed by atoms with E-state index >= 15 is 0 Å². The Bertz CT molecular complexity index is 1100. The predicted octanol–water partition coefficient (Wildman–Crippen LogP) is 2.50. The van der Waals surface area contributed by atoms with Crippen LogP contribution >= 0.6 is 0 Å². The van der Waals surface area contributed by atoms with Gasteiger partial charge < -0.3 is 16.4 Å². The van der Waals surface area contributed by atoms with Crippen LogP contribution < -0.4 is 16.4 Å². The molecule has 4 N–H and O–H groups in total. The number of carbonyl (C=O) groups is 2. The lowest BCUT2D eigenvalue weighted by molar-refractivity contribution is 0.0934. The zero-order chi connectivity index (χ0) is 20.4. The second-order valence-corrected chi connectivity index (χ2v) is 6.91. The molecule has 1 aliphatic carbocycles. The third-order valence-corrected chi connectivity index (χ3v) is 5.10. The number of nitrogens with zero attached hydrogens (tertiary/aromatic N) is 2. The zero-order valence-electron chi connectivity index (χ0n) is 16.0. The number of hydrogen-bond acceptors (Lipinski definition) is 5. The summed E-state index contributed by atoms with van der Waals surface area (Å²) in [6.45, 7) is 0. The summed E-state index contributed by atoms with van der Waals surface area (Å²) in [5.41, 5.74) is 9.95. The Morgan fingerprint density at radius 3 is 2.76 bits per heavy atom. The summed E-state index contributed by atoms with van der Waals surface area (Å²) in [6.07, 6.45) is 3.35. The number of amides is 2. The van der Waals surface area contributed by atoms with Crippen molar-refractivity contribution in [3.63, 3.8) is 0 Å². The number of nitrogens with one attached hydrogen (secondary N) is 2. The lowest BCUT2D eigenvalue weighted by Crippen LogP contribution is -2.27. The van der Waals surface area contributed by atoms with Gasteiger partial charge in [0, 0.05) is 18.2 Å². The fourth-order valence-electron chi connectivity index (χ4n) is 3.59. The second-order valence-electron chi connectivity index (χ2n) is 6.91. The van der Waals surface area contributed by atoms with Gasteiger partial charge in [-0.25, -0.2) is 9.97 Å². The van der Waals surface area contributed by atoms with Gasteiger partial charge in [0.2, 0.25) is 0 Å². The number of aryl methyl sites for hydroxylation is 1. The van der Waals surface area contributed by atoms with E-state index in [1.165, 1.54) is 24.4 Å². The molecule has 0 saturated heterocycles. The normalized spacial score (nSPS) is 14.9. The lowest BCUT2D eigenvalue weighted by atomic mass is 10.1. The van der Waals surface area contributed by atoms with Crippen LogP contribution in [0.15, 0.2) is 54.7 Å². The van der Waals surface area contributed by atoms with E-state index in [9.17, 15) is 9.59 Å². The highest BCUT2D eigenvalue weighted by atomic mass is 16.2. The van der Waals surface area contributed by atoms with Crippen molar-refractivity contribution in [3.05, 3.63) is 77.1 Å². The van der Waals surface area contributed by atoms with Gasteiger partial charge in [0.1, 0.15) is 0 Å². The number of hydrogen-bond donors (Lipinski definition) is 3. The van der Waals surface area contributed by atoms with E-state index in [1.807, 2.05) is 18.2 Å². The van der Waals surface area contributed by atoms with Gasteiger partial charge in [-0.05, 0) is 36.1 Å². The minimum Gasteiger partial charge on any atom is -0.382 e. The lowest BCUT2D eigenvalue weighted by Gasteiger charge is -2.14. The zero-order valence-corrected chi connectivity index (χ0v) is 16.0. The molecule has 0 bridgehead atoms. The van der Waals surface area contributed by atoms with Gasteiger partial charge in [-0.15, -0.1) is 0 Å². The fourth-order valence-corrected chi connectivity index (χ4v) is 3.59. The molecule has 0 fully saturated rings. The van der Waals surface area contributed by atoms with Crippen LogP contribution in [0, 0.1) is 0 Å². The Morgan fingerprint density at radius 2 is 1.93 bits per heavy atom. The third-order valence-electron chi connectivity index (χ3n) is 5.10. The summed E-state index contributed by atoms with van der Waals surface area (Å²) < 4.78 is 0. The number of nitrogen functional groups attached to an aromatic ring is 1. The van der Waals surface area contributed by atoms with Crippen LogP contribution in [0.1, 0.15) is 44.4 Å². The van der Waals surface area contributed by atoms with Crippen LogP contribution in [0.3, 0.4) is 0 Å². The minimum atomic E-state index is -0.411. The summed E-state index contributed by atoms with van der Waals surface area (Å²) >= 11 is 0. The van der Waals surface area contributed by atoms with E-state index in [0.29, 0.717) is 16.8 Å². The Morgan fingerprint density at radius 1 is 1.10 bits per heavy atom. The molecule has 29 heavy (non-hydrogen) atoms. The molecule has 1 aliphatic rings. The van der Waals surface area contributed by atoms with Gasteiger partial charge in [0.25, 0.3) is 11.8 Å². The van der Waals surface area contributed by atoms with Crippen LogP contribution in [0.5, 0.6) is 0 Å². The van der Waals surface area contributed by atoms with E-state index in [1.54, 1.807) is 18.2 Å². The molecule has 2 aromatic carbocycles. The molecule has 0 aliphatic heterocycles. The van der Waals surface area contributed by atoms with Gasteiger partial charge in [0.05, 0.1) is 17.9 Å². The smallest absolute Gasteiger partial charge is 0.273 e. The van der Waals surface area contributed by atoms with Gasteiger partial charge in [-0.1, -0.05) is 36.4 Å². The van der Waals surface area contributed by atoms with Crippen molar-refractivity contribution in [2.24, 2.45) is 0 Å². The van der Waals surface area contributed by atoms with Crippen molar-refractivity contribution >= 4 is 17.6 Å². The number of nitrogens with two attached hydrogens (primary N) is 1. The highest BCUT2D eigenvalue weighted by Gasteiger charge is 2.24. The van der Waals surface area contributed by atoms with E-state index in [0.717, 1.165) is 12.8 Å². The molecule has 7 heteroatoms. The van der Waals surface area contributed by atoms with Crippen molar-refractivity contribution in [3.8, 4) is 11.3 Å². The molecule has 7 nitrogen and oxygen atoms in total. The maximum Gasteiger partial charge on any atom is 0.273 e. The molecule has 3 aromatic rings. The maximum absolute atomic E-state index is 12.8. The van der Waals surface area contributed by atoms with Crippen molar-refractivity contribution in [2.45, 2.75) is 18.9 Å². The monoisotopic (exact) mass is 387 g/mol. The minimum absolute atomic E-state index is 0.0125. The largest absolute Gasteiger partial charge is 0.382 e. The topological polar surface area (TPSA) is 110 Å². The third kappa shape index (κ3) is 3.67. The average molecular weight is 387 g/mol. The van der Waals surface area contributed by atoms with Gasteiger partial charge >= 0.3 is 0 Å². The Labute approximate surface area is 168 Å². The number of rotatable bonds is 4. The second kappa shape index (κ2) is 7.71. The molecular weight excluding hydrogens is 366 g/mol. The SMILES string of the molecule is CNC(=O)c1nc(-c2cccc(C(=O)N[C@@H]3CCc4ccccc43)c2)cnc1N. The molecule has 4 rings (SSSR count). The van der Waals surface area contributed by atoms with Crippen LogP contribution in [0.2, 0.25) is 0 Å². The Hall–Kier alpha value is -3.74. The molecule has 0 saturated carbocycles. The summed E-state index contributed by atoms with van der Waals surface area (Å²) in [6, 6.07) is 15.3. The standard InChI is InChI=1S/C22H21N5O2/c1-24-22(29)19-20(23)25-12-18(26-19)14-6-4-7-15(11-14)21(28)27-17-10-9-13-5-2-3-8-16(13)17/h2-8,11-12,17H,9-10H2,1H3,(H2,23,25)(H,24,29)(H,27,28)/t17-/m1/s1. The molecule has 1 aromatic heterocycles. The van der Waals surface area contributed by atoms with Crippen molar-refractivity contribution in [1.29, 1.82) is 0 Å². The van der Waals surface area contributed by atoms with Crippen LogP contribution in [-0.4, -0.2) is 28.8 Å². The predicted molar refractivity (Wildman–Crippen MR) is 110 cm³/mol. The first-order valence-electron chi connectivity index (χ1n) is 9.40. The molecule has 0 radical (unpaired) electrons. The highest BCUT2D eigenvalue weighted by Crippen LogP contribution is 2.31. The summed E-state index contributed by atoms with van der Waals surface area (Å²) in [5.74, 6) is -0.504. The quantitative estimate of drug-likeness (QED) is 0.637. The highest BCUT2D eigenvalue weighted by molar-refractivity contribution is 5.97. The first-order chi connectivity index (χ1) is 14.1. The first-order valence-corrected chi connectivity index (χ1v) is 9.40. The number of benzene rings is 2. The molecule has 2 amide bonds. The van der Waals surface area contributed by atoms with Crippen molar-refractivity contribution in [2.75, 3.05) is 12.8 Å². The molecule has 0 unspecified atom stereocenters. The van der Waals surface area contributed by atoms with E-state index in [4.69, 9.17) is 5.73 Å². The van der Waals surface area contributed by atoms with Gasteiger partial charge in [-0.2, -0.15) is 0 Å². The molecular formula is C22H21N5O2. The number of carbonyl (C=O) groups excluding carboxylic acids is 2. The van der Waals surface area contributed by atoms with E-state index in [-0.39, 0.29) is 23.5 Å². The number of fused-ring (bicyclic) bond motifs is 1. The maximum atomic E-state index is 12.8. The Kier molecular flexibility index (Phi) is 4.95. The van der Waals surface area contributed by atoms with Crippen LogP contribution in [-0.2, 0) is 6.42 Å². The van der Waals surface area contributed by atoms with Crippen LogP contribution in [0.4, 0.5) is 5.82 Å². The summed E-state index contributed by atoms with van der Waals surface area (Å²) in [7, 11) is 1.50. The van der Waals surface area contributed by atoms with Crippen molar-refractivity contribution in [1.82, 2.24) is 20.6 Å². The summed E-state index contributed by atoms with van der Waals surface area (Å²) in [4.78, 5) is 33.1. The molecule has 146 valence electrons. The van der Waals surface area contributed by atoms with Crippen molar-refractivity contribution < 1.29 is 9.59 Å². The van der Waals surface area contributed by atoms with E-state index in [2.05, 4.69) is 32.7 Å². The Balaban J connectivity index is 1.58. The van der Waals surface area contributed by atoms with Gasteiger partial charge in [-0.3, -0.25) is 9.59 Å².